The standard InChI is InChI=1S/C21H25N5O/c1-15-4-2-5-16(12-15)13-19(27)25-10-7-17(14-25)20-18-6-3-9-23-21(18)26(24-20)11-8-22/h2-6,9,12,17H,7-8,10-11,13-14,22H2,1H3/t17-/m1/s1. The number of pyridine rings is 1. The molecule has 0 aliphatic carbocycles. The molecule has 1 fully saturated rings. The monoisotopic (exact) mass is 363 g/mol. The van der Waals surface area contributed by atoms with Crippen LogP contribution in [0.3, 0.4) is 0 Å². The number of fused-ring (bicyclic) bond motifs is 1. The van der Waals surface area contributed by atoms with Gasteiger partial charge in [-0.15, -0.1) is 0 Å². The van der Waals surface area contributed by atoms with Crippen molar-refractivity contribution >= 4 is 16.9 Å². The molecule has 2 N–H and O–H groups in total. The van der Waals surface area contributed by atoms with E-state index in [0.29, 0.717) is 26.1 Å². The molecule has 4 rings (SSSR count). The lowest BCUT2D eigenvalue weighted by Gasteiger charge is -2.16. The van der Waals surface area contributed by atoms with Gasteiger partial charge in [0.05, 0.1) is 18.7 Å². The second kappa shape index (κ2) is 7.48. The summed E-state index contributed by atoms with van der Waals surface area (Å²) in [6, 6.07) is 12.2. The minimum Gasteiger partial charge on any atom is -0.342 e. The van der Waals surface area contributed by atoms with Crippen LogP contribution in [0, 0.1) is 6.92 Å². The topological polar surface area (TPSA) is 77.0 Å². The second-order valence-corrected chi connectivity index (χ2v) is 7.26. The molecule has 0 radical (unpaired) electrons. The van der Waals surface area contributed by atoms with Crippen LogP contribution < -0.4 is 5.73 Å². The Balaban J connectivity index is 1.51. The number of carbonyl (C=O) groups is 1. The number of nitrogens with two attached hydrogens (primary N) is 1. The van der Waals surface area contributed by atoms with Crippen LogP contribution in [-0.2, 0) is 17.8 Å². The molecule has 0 bridgehead atoms. The van der Waals surface area contributed by atoms with Gasteiger partial charge in [-0.25, -0.2) is 9.67 Å². The Morgan fingerprint density at radius 3 is 3.00 bits per heavy atom. The maximum absolute atomic E-state index is 12.7. The number of hydrogen-bond acceptors (Lipinski definition) is 4. The number of carbonyl (C=O) groups excluding carboxylic acids is 1. The molecule has 1 saturated heterocycles. The highest BCUT2D eigenvalue weighted by Crippen LogP contribution is 2.31. The van der Waals surface area contributed by atoms with Crippen LogP contribution in [0.25, 0.3) is 11.0 Å². The molecular formula is C21H25N5O. The minimum absolute atomic E-state index is 0.187. The first-order chi connectivity index (χ1) is 13.2. The molecule has 0 spiro atoms. The van der Waals surface area contributed by atoms with Crippen molar-refractivity contribution in [3.63, 3.8) is 0 Å². The molecule has 0 unspecified atom stereocenters. The average Bonchev–Trinajstić information content (AvgIpc) is 3.28. The van der Waals surface area contributed by atoms with Gasteiger partial charge in [0, 0.05) is 37.1 Å². The van der Waals surface area contributed by atoms with Crippen LogP contribution in [-0.4, -0.2) is 45.2 Å². The van der Waals surface area contributed by atoms with Gasteiger partial charge in [0.25, 0.3) is 0 Å². The largest absolute Gasteiger partial charge is 0.342 e. The van der Waals surface area contributed by atoms with Crippen LogP contribution >= 0.6 is 0 Å². The van der Waals surface area contributed by atoms with Crippen molar-refractivity contribution in [2.75, 3.05) is 19.6 Å². The molecular weight excluding hydrogens is 338 g/mol. The number of nitrogens with zero attached hydrogens (tertiary/aromatic N) is 4. The molecule has 1 amide bonds. The lowest BCUT2D eigenvalue weighted by molar-refractivity contribution is -0.129. The van der Waals surface area contributed by atoms with Crippen molar-refractivity contribution in [2.45, 2.75) is 32.2 Å². The molecule has 0 saturated carbocycles. The van der Waals surface area contributed by atoms with Gasteiger partial charge < -0.3 is 10.6 Å². The molecule has 3 heterocycles. The maximum atomic E-state index is 12.7. The van der Waals surface area contributed by atoms with Gasteiger partial charge in [0.1, 0.15) is 0 Å². The van der Waals surface area contributed by atoms with E-state index in [1.54, 1.807) is 6.20 Å². The van der Waals surface area contributed by atoms with Crippen molar-refractivity contribution in [3.8, 4) is 0 Å². The first kappa shape index (κ1) is 17.7. The van der Waals surface area contributed by atoms with Crippen molar-refractivity contribution in [3.05, 3.63) is 59.4 Å². The Kier molecular flexibility index (Phi) is 4.90. The predicted molar refractivity (Wildman–Crippen MR) is 105 cm³/mol. The van der Waals surface area contributed by atoms with Gasteiger partial charge in [-0.05, 0) is 31.0 Å². The van der Waals surface area contributed by atoms with E-state index in [1.165, 1.54) is 5.56 Å². The summed E-state index contributed by atoms with van der Waals surface area (Å²) in [6.45, 7) is 4.72. The third-order valence-corrected chi connectivity index (χ3v) is 5.24. The van der Waals surface area contributed by atoms with Gasteiger partial charge in [-0.1, -0.05) is 29.8 Å². The molecule has 6 nitrogen and oxygen atoms in total. The van der Waals surface area contributed by atoms with Crippen molar-refractivity contribution in [1.82, 2.24) is 19.7 Å². The SMILES string of the molecule is Cc1cccc(CC(=O)N2CC[C@@H](c3nn(CCN)c4ncccc34)C2)c1. The summed E-state index contributed by atoms with van der Waals surface area (Å²) in [6.07, 6.45) is 3.18. The highest BCUT2D eigenvalue weighted by molar-refractivity contribution is 5.81. The predicted octanol–water partition coefficient (Wildman–Crippen LogP) is 2.26. The molecule has 140 valence electrons. The molecule has 3 aromatic rings. The maximum Gasteiger partial charge on any atom is 0.227 e. The quantitative estimate of drug-likeness (QED) is 0.754. The van der Waals surface area contributed by atoms with Crippen LogP contribution in [0.1, 0.15) is 29.2 Å². The first-order valence-electron chi connectivity index (χ1n) is 9.50. The zero-order valence-electron chi connectivity index (χ0n) is 15.6. The Morgan fingerprint density at radius 1 is 1.30 bits per heavy atom. The average molecular weight is 363 g/mol. The third kappa shape index (κ3) is 3.57. The smallest absolute Gasteiger partial charge is 0.227 e. The van der Waals surface area contributed by atoms with E-state index in [4.69, 9.17) is 10.8 Å². The Hall–Kier alpha value is -2.73. The Morgan fingerprint density at radius 2 is 2.19 bits per heavy atom. The van der Waals surface area contributed by atoms with Gasteiger partial charge in [-0.3, -0.25) is 4.79 Å². The van der Waals surface area contributed by atoms with Gasteiger partial charge in [-0.2, -0.15) is 5.10 Å². The summed E-state index contributed by atoms with van der Waals surface area (Å²) in [5, 5.41) is 5.86. The zero-order valence-corrected chi connectivity index (χ0v) is 15.6. The number of hydrogen-bond donors (Lipinski definition) is 1. The van der Waals surface area contributed by atoms with E-state index in [2.05, 4.69) is 30.1 Å². The summed E-state index contributed by atoms with van der Waals surface area (Å²) in [5.41, 5.74) is 9.89. The lowest BCUT2D eigenvalue weighted by atomic mass is 10.0. The van der Waals surface area contributed by atoms with Gasteiger partial charge in [0.15, 0.2) is 5.65 Å². The number of amides is 1. The van der Waals surface area contributed by atoms with Gasteiger partial charge >= 0.3 is 0 Å². The Bertz CT molecular complexity index is 964. The zero-order chi connectivity index (χ0) is 18.8. The van der Waals surface area contributed by atoms with E-state index < -0.39 is 0 Å². The third-order valence-electron chi connectivity index (χ3n) is 5.24. The highest BCUT2D eigenvalue weighted by atomic mass is 16.2. The van der Waals surface area contributed by atoms with E-state index in [1.807, 2.05) is 27.8 Å². The van der Waals surface area contributed by atoms with E-state index in [9.17, 15) is 4.79 Å². The van der Waals surface area contributed by atoms with Crippen LogP contribution in [0.4, 0.5) is 0 Å². The number of likely N-dealkylation sites (tertiary alicyclic amines) is 1. The molecule has 1 atom stereocenters. The summed E-state index contributed by atoms with van der Waals surface area (Å²) in [4.78, 5) is 19.2. The number of aryl methyl sites for hydroxylation is 1. The fourth-order valence-corrected chi connectivity index (χ4v) is 3.93. The van der Waals surface area contributed by atoms with Crippen LogP contribution in [0.5, 0.6) is 0 Å². The van der Waals surface area contributed by atoms with Gasteiger partial charge in [0.2, 0.25) is 5.91 Å². The first-order valence-corrected chi connectivity index (χ1v) is 9.50. The molecule has 1 aliphatic rings. The second-order valence-electron chi connectivity index (χ2n) is 7.26. The van der Waals surface area contributed by atoms with Crippen molar-refractivity contribution < 1.29 is 4.79 Å². The fraction of sp³-hybridized carbons (Fsp3) is 0.381. The molecule has 6 heteroatoms. The van der Waals surface area contributed by atoms with Crippen molar-refractivity contribution in [2.24, 2.45) is 5.73 Å². The number of aromatic nitrogens is 3. The fourth-order valence-electron chi connectivity index (χ4n) is 3.93. The van der Waals surface area contributed by atoms with E-state index in [0.717, 1.165) is 35.3 Å². The van der Waals surface area contributed by atoms with Crippen molar-refractivity contribution in [1.29, 1.82) is 0 Å². The van der Waals surface area contributed by atoms with Crippen LogP contribution in [0.15, 0.2) is 42.6 Å². The summed E-state index contributed by atoms with van der Waals surface area (Å²) in [7, 11) is 0. The molecule has 2 aromatic heterocycles. The normalized spacial score (nSPS) is 17.0. The van der Waals surface area contributed by atoms with E-state index in [-0.39, 0.29) is 11.8 Å². The summed E-state index contributed by atoms with van der Waals surface area (Å²) >= 11 is 0. The molecule has 1 aromatic carbocycles. The Labute approximate surface area is 159 Å². The lowest BCUT2D eigenvalue weighted by Crippen LogP contribution is -2.30. The van der Waals surface area contributed by atoms with Crippen LogP contribution in [0.2, 0.25) is 0 Å². The summed E-state index contributed by atoms with van der Waals surface area (Å²) < 4.78 is 1.89. The molecule has 27 heavy (non-hydrogen) atoms. The number of benzene rings is 1. The number of rotatable bonds is 5. The molecule has 1 aliphatic heterocycles. The minimum atomic E-state index is 0.187. The summed E-state index contributed by atoms with van der Waals surface area (Å²) in [5.74, 6) is 0.434. The van der Waals surface area contributed by atoms with E-state index >= 15 is 0 Å². The highest BCUT2D eigenvalue weighted by Gasteiger charge is 2.30.